The largest absolute Gasteiger partial charge is 0.462 e. The van der Waals surface area contributed by atoms with Crippen molar-refractivity contribution in [3.05, 3.63) is 35.9 Å². The molecule has 136 valence electrons. The van der Waals surface area contributed by atoms with Gasteiger partial charge in [-0.3, -0.25) is 9.59 Å². The topological polar surface area (TPSA) is 63.7 Å². The second kappa shape index (κ2) is 9.97. The Hall–Kier alpha value is -2.17. The third kappa shape index (κ3) is 5.69. The van der Waals surface area contributed by atoms with Crippen LogP contribution in [-0.2, 0) is 25.5 Å². The van der Waals surface area contributed by atoms with Crippen LogP contribution in [0.25, 0.3) is 0 Å². The Morgan fingerprint density at radius 1 is 1.08 bits per heavy atom. The first-order valence-electron chi connectivity index (χ1n) is 9.09. The van der Waals surface area contributed by atoms with E-state index in [1.165, 1.54) is 17.6 Å². The van der Waals surface area contributed by atoms with Gasteiger partial charge in [0.05, 0.1) is 13.2 Å². The Balaban J connectivity index is 1.76. The van der Waals surface area contributed by atoms with E-state index >= 15 is 0 Å². The second-order valence-electron chi connectivity index (χ2n) is 6.51. The van der Waals surface area contributed by atoms with Crippen LogP contribution < -0.4 is 0 Å². The molecule has 0 saturated carbocycles. The Morgan fingerprint density at radius 3 is 2.56 bits per heavy atom. The minimum absolute atomic E-state index is 0.0664. The number of hydrogen-bond donors (Lipinski definition) is 0. The van der Waals surface area contributed by atoms with Crippen LogP contribution in [0.3, 0.4) is 0 Å². The zero-order valence-electron chi connectivity index (χ0n) is 14.9. The van der Waals surface area contributed by atoms with Crippen molar-refractivity contribution < 1.29 is 19.1 Å². The number of ether oxygens (including phenoxy) is 1. The molecule has 1 aliphatic rings. The van der Waals surface area contributed by atoms with Crippen LogP contribution in [0.4, 0.5) is 0 Å². The van der Waals surface area contributed by atoms with E-state index in [-0.39, 0.29) is 5.78 Å². The number of rotatable bonds is 7. The first-order valence-corrected chi connectivity index (χ1v) is 9.09. The summed E-state index contributed by atoms with van der Waals surface area (Å²) in [7, 11) is 1.19. The van der Waals surface area contributed by atoms with Crippen LogP contribution in [0, 0.1) is 0 Å². The Labute approximate surface area is 149 Å². The first kappa shape index (κ1) is 19.2. The van der Waals surface area contributed by atoms with Crippen molar-refractivity contribution in [1.29, 1.82) is 0 Å². The van der Waals surface area contributed by atoms with Crippen molar-refractivity contribution in [1.82, 2.24) is 4.90 Å². The summed E-state index contributed by atoms with van der Waals surface area (Å²) >= 11 is 0. The lowest BCUT2D eigenvalue weighted by molar-refractivity contribution is -0.161. The van der Waals surface area contributed by atoms with Crippen LogP contribution in [0.5, 0.6) is 0 Å². The molecule has 1 atom stereocenters. The lowest BCUT2D eigenvalue weighted by Crippen LogP contribution is -2.50. The average Bonchev–Trinajstić information content (AvgIpc) is 2.67. The quantitative estimate of drug-likeness (QED) is 0.433. The number of benzene rings is 1. The number of likely N-dealkylation sites (tertiary alicyclic amines) is 1. The van der Waals surface area contributed by atoms with Gasteiger partial charge in [0.1, 0.15) is 0 Å². The number of esters is 1. The van der Waals surface area contributed by atoms with Crippen LogP contribution in [-0.4, -0.2) is 42.3 Å². The van der Waals surface area contributed by atoms with Crippen molar-refractivity contribution in [2.45, 2.75) is 57.4 Å². The van der Waals surface area contributed by atoms with Gasteiger partial charge >= 0.3 is 11.9 Å². The van der Waals surface area contributed by atoms with Gasteiger partial charge in [0, 0.05) is 13.0 Å². The van der Waals surface area contributed by atoms with Gasteiger partial charge in [-0.25, -0.2) is 4.79 Å². The van der Waals surface area contributed by atoms with Crippen molar-refractivity contribution in [3.63, 3.8) is 0 Å². The molecular weight excluding hydrogens is 318 g/mol. The Kier molecular flexibility index (Phi) is 7.64. The third-order valence-corrected chi connectivity index (χ3v) is 4.73. The highest BCUT2D eigenvalue weighted by atomic mass is 16.5. The number of amides is 1. The fraction of sp³-hybridized carbons (Fsp3) is 0.550. The molecule has 0 unspecified atom stereocenters. The first-order chi connectivity index (χ1) is 12.1. The number of unbranched alkanes of at least 4 members (excludes halogenated alkanes) is 2. The number of carbonyl (C=O) groups excluding carboxylic acids is 3. The zero-order valence-corrected chi connectivity index (χ0v) is 14.9. The van der Waals surface area contributed by atoms with E-state index in [0.29, 0.717) is 19.4 Å². The minimum Gasteiger partial charge on any atom is -0.462 e. The van der Waals surface area contributed by atoms with E-state index in [1.54, 1.807) is 0 Å². The molecule has 0 aromatic heterocycles. The summed E-state index contributed by atoms with van der Waals surface area (Å²) in [6.45, 7) is 0.457. The highest BCUT2D eigenvalue weighted by Crippen LogP contribution is 2.20. The number of nitrogens with zero attached hydrogens (tertiary/aromatic N) is 1. The molecule has 1 saturated heterocycles. The van der Waals surface area contributed by atoms with E-state index in [4.69, 9.17) is 0 Å². The predicted octanol–water partition coefficient (Wildman–Crippen LogP) is 2.91. The highest BCUT2D eigenvalue weighted by molar-refractivity contribution is 6.32. The SMILES string of the molecule is COC(=O)C(=O)N1CCCC[C@H]1C(=O)CCCCCc1ccccc1. The smallest absolute Gasteiger partial charge is 0.396 e. The summed E-state index contributed by atoms with van der Waals surface area (Å²) in [5.74, 6) is -1.51. The molecular formula is C20H27NO4. The molecule has 1 aromatic carbocycles. The van der Waals surface area contributed by atoms with Gasteiger partial charge in [-0.1, -0.05) is 36.8 Å². The third-order valence-electron chi connectivity index (χ3n) is 4.73. The predicted molar refractivity (Wildman–Crippen MR) is 95.0 cm³/mol. The van der Waals surface area contributed by atoms with Crippen molar-refractivity contribution >= 4 is 17.7 Å². The van der Waals surface area contributed by atoms with E-state index in [9.17, 15) is 14.4 Å². The summed E-state index contributed by atoms with van der Waals surface area (Å²) < 4.78 is 4.51. The molecule has 2 rings (SSSR count). The fourth-order valence-electron chi connectivity index (χ4n) is 3.33. The van der Waals surface area contributed by atoms with E-state index in [1.807, 2.05) is 18.2 Å². The molecule has 1 amide bonds. The molecule has 0 bridgehead atoms. The normalized spacial score (nSPS) is 17.2. The van der Waals surface area contributed by atoms with E-state index in [2.05, 4.69) is 16.9 Å². The highest BCUT2D eigenvalue weighted by Gasteiger charge is 2.34. The summed E-state index contributed by atoms with van der Waals surface area (Å²) in [6, 6.07) is 9.85. The summed E-state index contributed by atoms with van der Waals surface area (Å²) in [5.41, 5.74) is 1.32. The number of methoxy groups -OCH3 is 1. The van der Waals surface area contributed by atoms with Crippen LogP contribution >= 0.6 is 0 Å². The summed E-state index contributed by atoms with van der Waals surface area (Å²) in [4.78, 5) is 37.5. The number of hydrogen-bond acceptors (Lipinski definition) is 4. The molecule has 1 aromatic rings. The van der Waals surface area contributed by atoms with E-state index < -0.39 is 17.9 Å². The van der Waals surface area contributed by atoms with Crippen molar-refractivity contribution in [2.75, 3.05) is 13.7 Å². The fourth-order valence-corrected chi connectivity index (χ4v) is 3.33. The second-order valence-corrected chi connectivity index (χ2v) is 6.51. The number of ketones is 1. The number of carbonyl (C=O) groups is 3. The maximum Gasteiger partial charge on any atom is 0.396 e. The molecule has 5 heteroatoms. The molecule has 1 aliphatic heterocycles. The molecule has 0 aliphatic carbocycles. The van der Waals surface area contributed by atoms with Gasteiger partial charge < -0.3 is 9.64 Å². The Morgan fingerprint density at radius 2 is 1.84 bits per heavy atom. The molecule has 1 heterocycles. The molecule has 1 fully saturated rings. The summed E-state index contributed by atoms with van der Waals surface area (Å²) in [5, 5.41) is 0. The standard InChI is InChI=1S/C20H27NO4/c1-25-20(24)19(23)21-15-9-8-13-17(21)18(22)14-7-3-6-12-16-10-4-2-5-11-16/h2,4-5,10-11,17H,3,6-9,12-15H2,1H3/t17-/m0/s1. The lowest BCUT2D eigenvalue weighted by atomic mass is 9.95. The van der Waals surface area contributed by atoms with Gasteiger partial charge in [-0.05, 0) is 44.1 Å². The Bertz CT molecular complexity index is 585. The molecule has 5 nitrogen and oxygen atoms in total. The van der Waals surface area contributed by atoms with Gasteiger partial charge in [0.15, 0.2) is 5.78 Å². The van der Waals surface area contributed by atoms with E-state index in [0.717, 1.165) is 38.5 Å². The molecule has 0 spiro atoms. The maximum absolute atomic E-state index is 12.5. The number of piperidine rings is 1. The number of Topliss-reactive ketones (excluding diaryl/α,β-unsaturated/α-hetero) is 1. The zero-order chi connectivity index (χ0) is 18.1. The van der Waals surface area contributed by atoms with Gasteiger partial charge in [0.25, 0.3) is 0 Å². The van der Waals surface area contributed by atoms with Crippen LogP contribution in [0.1, 0.15) is 50.5 Å². The molecule has 0 radical (unpaired) electrons. The van der Waals surface area contributed by atoms with Crippen LogP contribution in [0.15, 0.2) is 30.3 Å². The minimum atomic E-state index is -0.887. The lowest BCUT2D eigenvalue weighted by Gasteiger charge is -2.33. The molecule has 0 N–H and O–H groups in total. The maximum atomic E-state index is 12.5. The van der Waals surface area contributed by atoms with Gasteiger partial charge in [-0.15, -0.1) is 0 Å². The number of aryl methyl sites for hydroxylation is 1. The molecule has 25 heavy (non-hydrogen) atoms. The van der Waals surface area contributed by atoms with Crippen LogP contribution in [0.2, 0.25) is 0 Å². The van der Waals surface area contributed by atoms with Gasteiger partial charge in [-0.2, -0.15) is 0 Å². The monoisotopic (exact) mass is 345 g/mol. The van der Waals surface area contributed by atoms with Gasteiger partial charge in [0.2, 0.25) is 0 Å². The van der Waals surface area contributed by atoms with Crippen molar-refractivity contribution in [3.8, 4) is 0 Å². The average molecular weight is 345 g/mol. The summed E-state index contributed by atoms with van der Waals surface area (Å²) in [6.07, 6.45) is 6.72. The van der Waals surface area contributed by atoms with Crippen molar-refractivity contribution in [2.24, 2.45) is 0 Å².